The average Bonchev–Trinajstić information content (AvgIpc) is 2.71. The van der Waals surface area contributed by atoms with E-state index in [1.165, 1.54) is 44.0 Å². The third-order valence-electron chi connectivity index (χ3n) is 5.18. The molecule has 1 saturated heterocycles. The van der Waals surface area contributed by atoms with E-state index in [4.69, 9.17) is 9.47 Å². The summed E-state index contributed by atoms with van der Waals surface area (Å²) in [6.07, 6.45) is 6.22. The molecule has 1 heterocycles. The molecule has 1 fully saturated rings. The second-order valence-electron chi connectivity index (χ2n) is 7.02. The van der Waals surface area contributed by atoms with Crippen LogP contribution in [0.4, 0.5) is 0 Å². The molecule has 2 atom stereocenters. The number of ether oxygens (including phenoxy) is 2. The van der Waals surface area contributed by atoms with Crippen molar-refractivity contribution < 1.29 is 14.3 Å². The summed E-state index contributed by atoms with van der Waals surface area (Å²) >= 11 is 1.53. The first-order valence-corrected chi connectivity index (χ1v) is 10.9. The predicted octanol–water partition coefficient (Wildman–Crippen LogP) is 3.96. The number of thioether (sulfide) groups is 1. The number of piperidine rings is 1. The Hall–Kier alpha value is -1.40. The number of carbonyl (C=O) groups is 1. The van der Waals surface area contributed by atoms with Gasteiger partial charge in [-0.1, -0.05) is 13.3 Å². The third-order valence-corrected chi connectivity index (χ3v) is 6.27. The molecule has 27 heavy (non-hydrogen) atoms. The molecule has 0 aromatic heterocycles. The molecule has 152 valence electrons. The van der Waals surface area contributed by atoms with Crippen LogP contribution in [0.3, 0.4) is 0 Å². The van der Waals surface area contributed by atoms with E-state index < -0.39 is 0 Å². The summed E-state index contributed by atoms with van der Waals surface area (Å²) in [5.74, 6) is 1.46. The first-order valence-electron chi connectivity index (χ1n) is 9.99. The van der Waals surface area contributed by atoms with Crippen molar-refractivity contribution in [2.24, 2.45) is 0 Å². The van der Waals surface area contributed by atoms with Crippen molar-refractivity contribution in [1.82, 2.24) is 10.2 Å². The van der Waals surface area contributed by atoms with Crippen LogP contribution in [0.25, 0.3) is 0 Å². The van der Waals surface area contributed by atoms with Crippen molar-refractivity contribution in [2.45, 2.75) is 62.1 Å². The average molecular weight is 395 g/mol. The van der Waals surface area contributed by atoms with Crippen LogP contribution in [-0.4, -0.2) is 56.0 Å². The summed E-state index contributed by atoms with van der Waals surface area (Å²) < 4.78 is 10.6. The van der Waals surface area contributed by atoms with Crippen molar-refractivity contribution in [1.29, 1.82) is 0 Å². The van der Waals surface area contributed by atoms with E-state index in [1.54, 1.807) is 14.2 Å². The topological polar surface area (TPSA) is 50.8 Å². The number of methoxy groups -OCH3 is 2. The maximum Gasteiger partial charge on any atom is 0.233 e. The van der Waals surface area contributed by atoms with E-state index in [9.17, 15) is 4.79 Å². The van der Waals surface area contributed by atoms with Crippen molar-refractivity contribution >= 4 is 17.7 Å². The summed E-state index contributed by atoms with van der Waals surface area (Å²) in [5.41, 5.74) is 0. The highest BCUT2D eigenvalue weighted by atomic mass is 32.2. The molecule has 1 amide bonds. The van der Waals surface area contributed by atoms with Crippen molar-refractivity contribution in [2.75, 3.05) is 33.9 Å². The van der Waals surface area contributed by atoms with Crippen molar-refractivity contribution in [3.8, 4) is 11.5 Å². The predicted molar refractivity (Wildman–Crippen MR) is 112 cm³/mol. The van der Waals surface area contributed by atoms with Crippen LogP contribution >= 0.6 is 11.8 Å². The molecule has 5 nitrogen and oxygen atoms in total. The van der Waals surface area contributed by atoms with Gasteiger partial charge in [0.2, 0.25) is 5.91 Å². The molecule has 2 rings (SSSR count). The van der Waals surface area contributed by atoms with Crippen LogP contribution in [0.5, 0.6) is 11.5 Å². The first-order chi connectivity index (χ1) is 13.1. The molecular weight excluding hydrogens is 360 g/mol. The molecule has 0 radical (unpaired) electrons. The molecule has 0 unspecified atom stereocenters. The SMILES string of the molecule is CC[C@@H]1CCCCN1CCCNC(=O)[C@H](C)Sc1ccc(OC)c(OC)c1. The van der Waals surface area contributed by atoms with E-state index >= 15 is 0 Å². The van der Waals surface area contributed by atoms with E-state index in [1.807, 2.05) is 25.1 Å². The summed E-state index contributed by atoms with van der Waals surface area (Å²) in [6, 6.07) is 6.47. The number of amides is 1. The second kappa shape index (κ2) is 11.4. The smallest absolute Gasteiger partial charge is 0.233 e. The van der Waals surface area contributed by atoms with Gasteiger partial charge in [0.15, 0.2) is 11.5 Å². The molecule has 1 aromatic rings. The van der Waals surface area contributed by atoms with Gasteiger partial charge in [-0.3, -0.25) is 4.79 Å². The van der Waals surface area contributed by atoms with Gasteiger partial charge >= 0.3 is 0 Å². The molecule has 1 aromatic carbocycles. The van der Waals surface area contributed by atoms with E-state index in [0.717, 1.165) is 30.4 Å². The highest BCUT2D eigenvalue weighted by Crippen LogP contribution is 2.33. The highest BCUT2D eigenvalue weighted by Gasteiger charge is 2.20. The van der Waals surface area contributed by atoms with Crippen LogP contribution in [0, 0.1) is 0 Å². The van der Waals surface area contributed by atoms with Crippen LogP contribution < -0.4 is 14.8 Å². The summed E-state index contributed by atoms with van der Waals surface area (Å²) in [6.45, 7) is 7.24. The van der Waals surface area contributed by atoms with Gasteiger partial charge in [-0.25, -0.2) is 0 Å². The standard InChI is InChI=1S/C21H34N2O3S/c1-5-17-9-6-7-13-23(17)14-8-12-22-21(24)16(2)27-18-10-11-19(25-3)20(15-18)26-4/h10-11,15-17H,5-9,12-14H2,1-4H3,(H,22,24)/t16-,17+/m0/s1. The van der Waals surface area contributed by atoms with Gasteiger partial charge in [0.05, 0.1) is 19.5 Å². The van der Waals surface area contributed by atoms with E-state index in [0.29, 0.717) is 11.5 Å². The Bertz CT molecular complexity index is 597. The Labute approximate surface area is 168 Å². The zero-order chi connectivity index (χ0) is 19.6. The minimum absolute atomic E-state index is 0.0838. The number of rotatable bonds is 10. The van der Waals surface area contributed by atoms with Crippen LogP contribution in [0.15, 0.2) is 23.1 Å². The molecule has 0 spiro atoms. The maximum atomic E-state index is 12.4. The molecular formula is C21H34N2O3S. The number of nitrogens with zero attached hydrogens (tertiary/aromatic N) is 1. The Morgan fingerprint density at radius 1 is 1.30 bits per heavy atom. The molecule has 0 bridgehead atoms. The number of benzene rings is 1. The van der Waals surface area contributed by atoms with Gasteiger partial charge < -0.3 is 19.7 Å². The molecule has 1 aliphatic rings. The minimum atomic E-state index is -0.151. The minimum Gasteiger partial charge on any atom is -0.493 e. The normalized spacial score (nSPS) is 18.7. The monoisotopic (exact) mass is 394 g/mol. The fourth-order valence-corrected chi connectivity index (χ4v) is 4.52. The molecule has 1 N–H and O–H groups in total. The van der Waals surface area contributed by atoms with Gasteiger partial charge in [-0.05, 0) is 57.4 Å². The Kier molecular flexibility index (Phi) is 9.28. The van der Waals surface area contributed by atoms with E-state index in [2.05, 4.69) is 17.1 Å². The zero-order valence-electron chi connectivity index (χ0n) is 17.1. The Morgan fingerprint density at radius 3 is 2.78 bits per heavy atom. The molecule has 6 heteroatoms. The fraction of sp³-hybridized carbons (Fsp3) is 0.667. The fourth-order valence-electron chi connectivity index (χ4n) is 3.60. The number of hydrogen-bond acceptors (Lipinski definition) is 5. The maximum absolute atomic E-state index is 12.4. The van der Waals surface area contributed by atoms with Crippen LogP contribution in [-0.2, 0) is 4.79 Å². The largest absolute Gasteiger partial charge is 0.493 e. The number of likely N-dealkylation sites (tertiary alicyclic amines) is 1. The first kappa shape index (κ1) is 21.9. The Balaban J connectivity index is 1.74. The third kappa shape index (κ3) is 6.61. The molecule has 0 aliphatic carbocycles. The van der Waals surface area contributed by atoms with Crippen molar-refractivity contribution in [3.05, 3.63) is 18.2 Å². The van der Waals surface area contributed by atoms with Gasteiger partial charge in [0, 0.05) is 24.0 Å². The lowest BCUT2D eigenvalue weighted by Crippen LogP contribution is -2.41. The van der Waals surface area contributed by atoms with E-state index in [-0.39, 0.29) is 11.2 Å². The number of nitrogens with one attached hydrogen (secondary N) is 1. The van der Waals surface area contributed by atoms with Gasteiger partial charge in [-0.15, -0.1) is 11.8 Å². The summed E-state index contributed by atoms with van der Waals surface area (Å²) in [5, 5.41) is 2.93. The lowest BCUT2D eigenvalue weighted by Gasteiger charge is -2.35. The second-order valence-corrected chi connectivity index (χ2v) is 8.43. The van der Waals surface area contributed by atoms with Crippen LogP contribution in [0.1, 0.15) is 46.0 Å². The summed E-state index contributed by atoms with van der Waals surface area (Å²) in [7, 11) is 3.24. The van der Waals surface area contributed by atoms with Gasteiger partial charge in [-0.2, -0.15) is 0 Å². The number of hydrogen-bond donors (Lipinski definition) is 1. The number of carbonyl (C=O) groups excluding carboxylic acids is 1. The Morgan fingerprint density at radius 2 is 2.07 bits per heavy atom. The quantitative estimate of drug-likeness (QED) is 0.481. The lowest BCUT2D eigenvalue weighted by atomic mass is 10.00. The van der Waals surface area contributed by atoms with Gasteiger partial charge in [0.1, 0.15) is 0 Å². The molecule has 1 aliphatic heterocycles. The highest BCUT2D eigenvalue weighted by molar-refractivity contribution is 8.00. The molecule has 0 saturated carbocycles. The van der Waals surface area contributed by atoms with Gasteiger partial charge in [0.25, 0.3) is 0 Å². The summed E-state index contributed by atoms with van der Waals surface area (Å²) in [4.78, 5) is 16.0. The zero-order valence-corrected chi connectivity index (χ0v) is 17.9. The lowest BCUT2D eigenvalue weighted by molar-refractivity contribution is -0.120. The van der Waals surface area contributed by atoms with Crippen LogP contribution in [0.2, 0.25) is 0 Å². The van der Waals surface area contributed by atoms with Crippen molar-refractivity contribution in [3.63, 3.8) is 0 Å².